The van der Waals surface area contributed by atoms with Crippen LogP contribution in [-0.2, 0) is 6.54 Å². The van der Waals surface area contributed by atoms with Crippen LogP contribution >= 0.6 is 0 Å². The number of pyridine rings is 1. The van der Waals surface area contributed by atoms with Crippen LogP contribution in [0.2, 0.25) is 0 Å². The van der Waals surface area contributed by atoms with E-state index in [1.54, 1.807) is 6.33 Å². The predicted molar refractivity (Wildman–Crippen MR) is 78.6 cm³/mol. The van der Waals surface area contributed by atoms with Crippen molar-refractivity contribution in [3.63, 3.8) is 0 Å². The highest BCUT2D eigenvalue weighted by molar-refractivity contribution is 5.37. The van der Waals surface area contributed by atoms with Crippen molar-refractivity contribution in [3.8, 4) is 0 Å². The molecule has 0 saturated carbocycles. The van der Waals surface area contributed by atoms with Crippen LogP contribution in [-0.4, -0.2) is 70.7 Å². The van der Waals surface area contributed by atoms with Gasteiger partial charge in [-0.2, -0.15) is 5.10 Å². The van der Waals surface area contributed by atoms with E-state index in [9.17, 15) is 0 Å². The molecular weight excluding hydrogens is 252 g/mol. The van der Waals surface area contributed by atoms with E-state index in [0.717, 1.165) is 25.3 Å². The van der Waals surface area contributed by atoms with Gasteiger partial charge >= 0.3 is 0 Å². The molecule has 1 saturated heterocycles. The smallest absolute Gasteiger partial charge is 0.155 e. The molecule has 1 aliphatic rings. The molecule has 0 bridgehead atoms. The van der Waals surface area contributed by atoms with Crippen LogP contribution in [0.3, 0.4) is 0 Å². The third-order valence-corrected chi connectivity index (χ3v) is 3.87. The second-order valence-electron chi connectivity index (χ2n) is 5.42. The zero-order valence-corrected chi connectivity index (χ0v) is 12.0. The maximum absolute atomic E-state index is 4.15. The summed E-state index contributed by atoms with van der Waals surface area (Å²) in [6.45, 7) is 7.76. The van der Waals surface area contributed by atoms with Crippen molar-refractivity contribution in [2.45, 2.75) is 6.54 Å². The maximum Gasteiger partial charge on any atom is 0.155 e. The largest absolute Gasteiger partial charge is 0.311 e. The summed E-state index contributed by atoms with van der Waals surface area (Å²) < 4.78 is 1.82. The van der Waals surface area contributed by atoms with Crippen LogP contribution in [0.25, 0.3) is 5.65 Å². The molecule has 0 radical (unpaired) electrons. The van der Waals surface area contributed by atoms with Crippen LogP contribution in [0.5, 0.6) is 0 Å². The van der Waals surface area contributed by atoms with Gasteiger partial charge in [-0.05, 0) is 18.7 Å². The Morgan fingerprint density at radius 1 is 1.20 bits per heavy atom. The van der Waals surface area contributed by atoms with Gasteiger partial charge in [0.25, 0.3) is 0 Å². The molecule has 0 aromatic carbocycles. The Kier molecular flexibility index (Phi) is 4.25. The van der Waals surface area contributed by atoms with Gasteiger partial charge in [0.15, 0.2) is 5.65 Å². The summed E-state index contributed by atoms with van der Waals surface area (Å²) in [4.78, 5) is 9.05. The lowest BCUT2D eigenvalue weighted by molar-refractivity contribution is 0.154. The minimum atomic E-state index is 0.879. The third-order valence-electron chi connectivity index (χ3n) is 3.87. The molecule has 6 nitrogen and oxygen atoms in total. The molecular formula is C14H22N6. The van der Waals surface area contributed by atoms with Crippen molar-refractivity contribution in [1.82, 2.24) is 29.7 Å². The van der Waals surface area contributed by atoms with Gasteiger partial charge in [-0.3, -0.25) is 4.90 Å². The lowest BCUT2D eigenvalue weighted by Gasteiger charge is -2.32. The number of fused-ring (bicyclic) bond motifs is 1. The number of piperazine rings is 1. The van der Waals surface area contributed by atoms with Gasteiger partial charge in [-0.1, -0.05) is 6.07 Å². The standard InChI is InChI=1S/C14H22N6/c1-18-6-8-19(9-7-18)5-4-15-10-13-2-3-14-16-12-17-20(14)11-13/h2-3,11-12,15H,4-10H2,1H3. The number of likely N-dealkylation sites (N-methyl/N-ethyl adjacent to an activating group) is 1. The van der Waals surface area contributed by atoms with E-state index in [-0.39, 0.29) is 0 Å². The Labute approximate surface area is 119 Å². The molecule has 6 heteroatoms. The molecule has 1 fully saturated rings. The lowest BCUT2D eigenvalue weighted by atomic mass is 10.3. The maximum atomic E-state index is 4.15. The number of nitrogens with zero attached hydrogens (tertiary/aromatic N) is 5. The first-order valence-corrected chi connectivity index (χ1v) is 7.21. The second kappa shape index (κ2) is 6.30. The highest BCUT2D eigenvalue weighted by Crippen LogP contribution is 2.02. The number of hydrogen-bond acceptors (Lipinski definition) is 5. The summed E-state index contributed by atoms with van der Waals surface area (Å²) in [6, 6.07) is 4.11. The topological polar surface area (TPSA) is 48.7 Å². The van der Waals surface area contributed by atoms with E-state index < -0.39 is 0 Å². The molecule has 20 heavy (non-hydrogen) atoms. The molecule has 1 aliphatic heterocycles. The fourth-order valence-electron chi connectivity index (χ4n) is 2.51. The summed E-state index contributed by atoms with van der Waals surface area (Å²) >= 11 is 0. The average molecular weight is 274 g/mol. The SMILES string of the molecule is CN1CCN(CCNCc2ccc3ncnn3c2)CC1. The Morgan fingerprint density at radius 2 is 2.05 bits per heavy atom. The van der Waals surface area contributed by atoms with Gasteiger partial charge in [-0.25, -0.2) is 9.50 Å². The second-order valence-corrected chi connectivity index (χ2v) is 5.42. The summed E-state index contributed by atoms with van der Waals surface area (Å²) in [6.07, 6.45) is 3.62. The minimum absolute atomic E-state index is 0.879. The van der Waals surface area contributed by atoms with Gasteiger partial charge in [0.2, 0.25) is 0 Å². The molecule has 3 rings (SSSR count). The molecule has 0 unspecified atom stereocenters. The quantitative estimate of drug-likeness (QED) is 0.782. The molecule has 3 heterocycles. The Balaban J connectivity index is 1.41. The van der Waals surface area contributed by atoms with Gasteiger partial charge in [0.05, 0.1) is 0 Å². The summed E-state index contributed by atoms with van der Waals surface area (Å²) in [5, 5.41) is 7.65. The fourth-order valence-corrected chi connectivity index (χ4v) is 2.51. The van der Waals surface area contributed by atoms with Crippen LogP contribution in [0.1, 0.15) is 5.56 Å². The van der Waals surface area contributed by atoms with E-state index in [0.29, 0.717) is 0 Å². The van der Waals surface area contributed by atoms with E-state index >= 15 is 0 Å². The van der Waals surface area contributed by atoms with Crippen LogP contribution in [0.15, 0.2) is 24.7 Å². The highest BCUT2D eigenvalue weighted by Gasteiger charge is 2.12. The van der Waals surface area contributed by atoms with Crippen LogP contribution < -0.4 is 5.32 Å². The molecule has 1 N–H and O–H groups in total. The summed E-state index contributed by atoms with van der Waals surface area (Å²) in [5.74, 6) is 0. The van der Waals surface area contributed by atoms with E-state index in [1.165, 1.54) is 31.7 Å². The van der Waals surface area contributed by atoms with E-state index in [1.807, 2.05) is 16.8 Å². The number of hydrogen-bond donors (Lipinski definition) is 1. The van der Waals surface area contributed by atoms with Crippen molar-refractivity contribution < 1.29 is 0 Å². The molecule has 108 valence electrons. The molecule has 2 aromatic rings. The van der Waals surface area contributed by atoms with Crippen molar-refractivity contribution >= 4 is 5.65 Å². The Hall–Kier alpha value is -1.50. The lowest BCUT2D eigenvalue weighted by Crippen LogP contribution is -2.46. The normalized spacial score (nSPS) is 17.9. The highest BCUT2D eigenvalue weighted by atomic mass is 15.3. The predicted octanol–water partition coefficient (Wildman–Crippen LogP) is 0.0663. The van der Waals surface area contributed by atoms with Gasteiger partial charge in [-0.15, -0.1) is 0 Å². The molecule has 0 spiro atoms. The summed E-state index contributed by atoms with van der Waals surface area (Å²) in [7, 11) is 2.19. The van der Waals surface area contributed by atoms with Crippen LogP contribution in [0.4, 0.5) is 0 Å². The first-order valence-electron chi connectivity index (χ1n) is 7.21. The van der Waals surface area contributed by atoms with Crippen molar-refractivity contribution in [1.29, 1.82) is 0 Å². The number of aromatic nitrogens is 3. The Bertz CT molecular complexity index is 543. The van der Waals surface area contributed by atoms with E-state index in [2.05, 4.69) is 38.3 Å². The van der Waals surface area contributed by atoms with Gasteiger partial charge in [0.1, 0.15) is 6.33 Å². The van der Waals surface area contributed by atoms with Gasteiger partial charge in [0, 0.05) is 52.0 Å². The van der Waals surface area contributed by atoms with Crippen molar-refractivity contribution in [2.24, 2.45) is 0 Å². The molecule has 0 atom stereocenters. The summed E-state index contributed by atoms with van der Waals surface area (Å²) in [5.41, 5.74) is 2.13. The third kappa shape index (κ3) is 3.33. The zero-order valence-electron chi connectivity index (χ0n) is 12.0. The number of nitrogens with one attached hydrogen (secondary N) is 1. The molecule has 0 aliphatic carbocycles. The minimum Gasteiger partial charge on any atom is -0.311 e. The number of rotatable bonds is 5. The monoisotopic (exact) mass is 274 g/mol. The zero-order chi connectivity index (χ0) is 13.8. The van der Waals surface area contributed by atoms with Crippen molar-refractivity contribution in [2.75, 3.05) is 46.3 Å². The molecule has 0 amide bonds. The van der Waals surface area contributed by atoms with Gasteiger partial charge < -0.3 is 10.2 Å². The molecule has 2 aromatic heterocycles. The van der Waals surface area contributed by atoms with Crippen LogP contribution in [0, 0.1) is 0 Å². The van der Waals surface area contributed by atoms with Crippen molar-refractivity contribution in [3.05, 3.63) is 30.2 Å². The first kappa shape index (κ1) is 13.5. The first-order chi connectivity index (χ1) is 9.81. The fraction of sp³-hybridized carbons (Fsp3) is 0.571. The average Bonchev–Trinajstić information content (AvgIpc) is 2.93. The Morgan fingerprint density at radius 3 is 2.90 bits per heavy atom. The van der Waals surface area contributed by atoms with E-state index in [4.69, 9.17) is 0 Å².